The molecule has 0 saturated heterocycles. The fourth-order valence-corrected chi connectivity index (χ4v) is 3.84. The maximum atomic E-state index is 4.86. The number of aromatic nitrogens is 2. The van der Waals surface area contributed by atoms with Gasteiger partial charge in [-0.05, 0) is 47.8 Å². The molecule has 0 radical (unpaired) electrons. The van der Waals surface area contributed by atoms with Crippen LogP contribution in [0, 0.1) is 19.3 Å². The number of benzene rings is 2. The summed E-state index contributed by atoms with van der Waals surface area (Å²) in [6.07, 6.45) is 3.04. The molecule has 1 heterocycles. The highest BCUT2D eigenvalue weighted by Gasteiger charge is 2.23. The van der Waals surface area contributed by atoms with Crippen molar-refractivity contribution in [3.8, 4) is 17.1 Å². The van der Waals surface area contributed by atoms with E-state index >= 15 is 0 Å². The van der Waals surface area contributed by atoms with E-state index in [1.165, 1.54) is 28.1 Å². The lowest BCUT2D eigenvalue weighted by Gasteiger charge is -2.25. The fourth-order valence-electron chi connectivity index (χ4n) is 3.84. The molecule has 0 aliphatic heterocycles. The van der Waals surface area contributed by atoms with Crippen molar-refractivity contribution in [1.29, 1.82) is 0 Å². The molecule has 2 aromatic carbocycles. The van der Waals surface area contributed by atoms with Crippen LogP contribution < -0.4 is 0 Å². The summed E-state index contributed by atoms with van der Waals surface area (Å²) in [5.74, 6) is 1.02. The van der Waals surface area contributed by atoms with Crippen LogP contribution in [0.2, 0.25) is 0 Å². The van der Waals surface area contributed by atoms with Gasteiger partial charge in [0.25, 0.3) is 0 Å². The Kier molecular flexibility index (Phi) is 5.27. The molecule has 0 unspecified atom stereocenters. The van der Waals surface area contributed by atoms with Gasteiger partial charge in [-0.25, -0.2) is 4.98 Å². The number of hydrogen-bond acceptors (Lipinski definition) is 1. The third kappa shape index (κ3) is 4.22. The first kappa shape index (κ1) is 20.4. The van der Waals surface area contributed by atoms with E-state index in [2.05, 4.69) is 109 Å². The Labute approximate surface area is 170 Å². The van der Waals surface area contributed by atoms with Gasteiger partial charge < -0.3 is 0 Å². The molecule has 0 aliphatic carbocycles. The van der Waals surface area contributed by atoms with Gasteiger partial charge in [-0.1, -0.05) is 84.0 Å². The Morgan fingerprint density at radius 2 is 1.43 bits per heavy atom. The summed E-state index contributed by atoms with van der Waals surface area (Å²) >= 11 is 0. The molecule has 0 aliphatic rings. The minimum Gasteiger partial charge on any atom is -0.296 e. The highest BCUT2D eigenvalue weighted by atomic mass is 15.1. The van der Waals surface area contributed by atoms with Gasteiger partial charge >= 0.3 is 0 Å². The van der Waals surface area contributed by atoms with Crippen LogP contribution in [0.4, 0.5) is 0 Å². The first-order valence-electron chi connectivity index (χ1n) is 10.2. The summed E-state index contributed by atoms with van der Waals surface area (Å²) < 4.78 is 2.39. The van der Waals surface area contributed by atoms with E-state index in [0.717, 1.165) is 17.8 Å². The van der Waals surface area contributed by atoms with E-state index in [4.69, 9.17) is 4.98 Å². The zero-order valence-electron chi connectivity index (χ0n) is 18.7. The molecule has 1 aromatic heterocycles. The first-order chi connectivity index (χ1) is 13.0. The second kappa shape index (κ2) is 7.24. The molecule has 0 N–H and O–H groups in total. The van der Waals surface area contributed by atoms with E-state index < -0.39 is 0 Å². The van der Waals surface area contributed by atoms with Gasteiger partial charge in [-0.2, -0.15) is 0 Å². The zero-order chi connectivity index (χ0) is 20.7. The van der Waals surface area contributed by atoms with E-state index in [1.807, 2.05) is 0 Å². The van der Waals surface area contributed by atoms with Gasteiger partial charge in [0.15, 0.2) is 0 Å². The standard InChI is InChI=1S/C26H34N2/c1-18-14-21(26(6,7)8)15-19(2)23(18)28-22(16-25(3,4)5)17-27-24(28)20-12-10-9-11-13-20/h9-15,17H,16H2,1-8H3. The van der Waals surface area contributed by atoms with Crippen LogP contribution >= 0.6 is 0 Å². The normalized spacial score (nSPS) is 12.4. The van der Waals surface area contributed by atoms with Crippen LogP contribution in [-0.2, 0) is 11.8 Å². The molecule has 2 heteroatoms. The fraction of sp³-hybridized carbons (Fsp3) is 0.423. The largest absolute Gasteiger partial charge is 0.296 e. The third-order valence-electron chi connectivity index (χ3n) is 5.16. The van der Waals surface area contributed by atoms with E-state index in [0.29, 0.717) is 0 Å². The summed E-state index contributed by atoms with van der Waals surface area (Å²) in [5, 5.41) is 0. The summed E-state index contributed by atoms with van der Waals surface area (Å²) in [7, 11) is 0. The Bertz CT molecular complexity index is 941. The summed E-state index contributed by atoms with van der Waals surface area (Å²) in [5.41, 5.74) is 8.00. The van der Waals surface area contributed by atoms with E-state index in [9.17, 15) is 0 Å². The molecule has 28 heavy (non-hydrogen) atoms. The van der Waals surface area contributed by atoms with Gasteiger partial charge in [0, 0.05) is 17.5 Å². The van der Waals surface area contributed by atoms with Gasteiger partial charge in [-0.15, -0.1) is 0 Å². The molecule has 0 bridgehead atoms. The lowest BCUT2D eigenvalue weighted by molar-refractivity contribution is 0.404. The molecule has 3 rings (SSSR count). The quantitative estimate of drug-likeness (QED) is 0.480. The highest BCUT2D eigenvalue weighted by Crippen LogP contribution is 2.34. The maximum absolute atomic E-state index is 4.86. The topological polar surface area (TPSA) is 17.8 Å². The predicted octanol–water partition coefficient (Wildman–Crippen LogP) is 7.04. The van der Waals surface area contributed by atoms with Crippen molar-refractivity contribution in [1.82, 2.24) is 9.55 Å². The SMILES string of the molecule is Cc1cc(C(C)(C)C)cc(C)c1-n1c(CC(C)(C)C)cnc1-c1ccccc1. The summed E-state index contributed by atoms with van der Waals surface area (Å²) in [6, 6.07) is 15.2. The molecular weight excluding hydrogens is 340 g/mol. The smallest absolute Gasteiger partial charge is 0.144 e. The van der Waals surface area contributed by atoms with E-state index in [-0.39, 0.29) is 10.8 Å². The van der Waals surface area contributed by atoms with Crippen LogP contribution in [-0.4, -0.2) is 9.55 Å². The number of nitrogens with zero attached hydrogens (tertiary/aromatic N) is 2. The van der Waals surface area contributed by atoms with Crippen LogP contribution in [0.1, 0.15) is 63.9 Å². The molecule has 2 nitrogen and oxygen atoms in total. The third-order valence-corrected chi connectivity index (χ3v) is 5.16. The Hall–Kier alpha value is -2.35. The van der Waals surface area contributed by atoms with Gasteiger partial charge in [-0.3, -0.25) is 4.57 Å². The van der Waals surface area contributed by atoms with Crippen LogP contribution in [0.3, 0.4) is 0 Å². The molecular formula is C26H34N2. The van der Waals surface area contributed by atoms with Crippen molar-refractivity contribution in [3.05, 3.63) is 71.0 Å². The van der Waals surface area contributed by atoms with Crippen molar-refractivity contribution in [2.24, 2.45) is 5.41 Å². The minimum absolute atomic E-state index is 0.138. The average Bonchev–Trinajstić information content (AvgIpc) is 2.96. The van der Waals surface area contributed by atoms with Gasteiger partial charge in [0.1, 0.15) is 5.82 Å². The number of imidazole rings is 1. The second-order valence-corrected chi connectivity index (χ2v) is 10.2. The van der Waals surface area contributed by atoms with E-state index in [1.54, 1.807) is 0 Å². The zero-order valence-corrected chi connectivity index (χ0v) is 18.7. The Morgan fingerprint density at radius 1 is 0.857 bits per heavy atom. The number of aryl methyl sites for hydroxylation is 2. The number of hydrogen-bond donors (Lipinski definition) is 0. The van der Waals surface area contributed by atoms with Crippen molar-refractivity contribution < 1.29 is 0 Å². The minimum atomic E-state index is 0.138. The average molecular weight is 375 g/mol. The van der Waals surface area contributed by atoms with Gasteiger partial charge in [0.2, 0.25) is 0 Å². The molecule has 148 valence electrons. The second-order valence-electron chi connectivity index (χ2n) is 10.2. The molecule has 0 amide bonds. The van der Waals surface area contributed by atoms with Crippen molar-refractivity contribution >= 4 is 0 Å². The van der Waals surface area contributed by atoms with Crippen molar-refractivity contribution in [2.75, 3.05) is 0 Å². The van der Waals surface area contributed by atoms with Crippen LogP contribution in [0.15, 0.2) is 48.7 Å². The molecule has 0 fully saturated rings. The van der Waals surface area contributed by atoms with Gasteiger partial charge in [0.05, 0.1) is 5.69 Å². The molecule has 3 aromatic rings. The summed E-state index contributed by atoms with van der Waals surface area (Å²) in [6.45, 7) is 18.1. The predicted molar refractivity (Wildman–Crippen MR) is 120 cm³/mol. The Balaban J connectivity index is 2.27. The molecule has 0 saturated carbocycles. The van der Waals surface area contributed by atoms with Crippen molar-refractivity contribution in [2.45, 2.75) is 67.2 Å². The van der Waals surface area contributed by atoms with Crippen LogP contribution in [0.5, 0.6) is 0 Å². The maximum Gasteiger partial charge on any atom is 0.144 e. The monoisotopic (exact) mass is 374 g/mol. The Morgan fingerprint density at radius 3 is 1.93 bits per heavy atom. The first-order valence-corrected chi connectivity index (χ1v) is 10.2. The highest BCUT2D eigenvalue weighted by molar-refractivity contribution is 5.63. The molecule has 0 atom stereocenters. The summed E-state index contributed by atoms with van der Waals surface area (Å²) in [4.78, 5) is 4.86. The molecule has 0 spiro atoms. The lowest BCUT2D eigenvalue weighted by Crippen LogP contribution is -2.16. The lowest BCUT2D eigenvalue weighted by atomic mass is 9.84. The number of rotatable bonds is 3. The van der Waals surface area contributed by atoms with Crippen LogP contribution in [0.25, 0.3) is 17.1 Å². The van der Waals surface area contributed by atoms with Crippen molar-refractivity contribution in [3.63, 3.8) is 0 Å².